The van der Waals surface area contributed by atoms with E-state index in [1.807, 2.05) is 25.5 Å². The van der Waals surface area contributed by atoms with Crippen LogP contribution in [0.25, 0.3) is 0 Å². The van der Waals surface area contributed by atoms with Gasteiger partial charge in [0.05, 0.1) is 6.10 Å². The fourth-order valence-electron chi connectivity index (χ4n) is 3.84. The summed E-state index contributed by atoms with van der Waals surface area (Å²) in [7, 11) is 1.97. The van der Waals surface area contributed by atoms with Crippen LogP contribution in [0.4, 0.5) is 0 Å². The number of aryl methyl sites for hydroxylation is 2. The molecule has 1 aliphatic rings. The van der Waals surface area contributed by atoms with Gasteiger partial charge in [-0.3, -0.25) is 0 Å². The van der Waals surface area contributed by atoms with Crippen LogP contribution in [0.15, 0.2) is 29.3 Å². The maximum Gasteiger partial charge on any atom is 0.191 e. The fourth-order valence-corrected chi connectivity index (χ4v) is 3.84. The number of nitrogens with one attached hydrogen (secondary N) is 2. The maximum absolute atomic E-state index is 6.18. The summed E-state index contributed by atoms with van der Waals surface area (Å²) in [5, 5.41) is 15.3. The maximum atomic E-state index is 6.18. The summed E-state index contributed by atoms with van der Waals surface area (Å²) in [6.07, 6.45) is 3.25. The molecule has 1 aromatic carbocycles. The summed E-state index contributed by atoms with van der Waals surface area (Å²) >= 11 is 0. The summed E-state index contributed by atoms with van der Waals surface area (Å²) in [4.78, 5) is 4.77. The Morgan fingerprint density at radius 2 is 2.00 bits per heavy atom. The van der Waals surface area contributed by atoms with Crippen LogP contribution in [-0.4, -0.2) is 53.6 Å². The smallest absolute Gasteiger partial charge is 0.191 e. The number of guanidine groups is 1. The predicted octanol–water partition coefficient (Wildman–Crippen LogP) is 3.68. The van der Waals surface area contributed by atoms with Crippen molar-refractivity contribution in [2.75, 3.05) is 32.9 Å². The van der Waals surface area contributed by atoms with Crippen molar-refractivity contribution in [3.05, 3.63) is 47.0 Å². The van der Waals surface area contributed by atoms with E-state index >= 15 is 0 Å². The van der Waals surface area contributed by atoms with E-state index < -0.39 is 0 Å². The summed E-state index contributed by atoms with van der Waals surface area (Å²) in [5.41, 5.74) is 2.52. The van der Waals surface area contributed by atoms with Gasteiger partial charge in [0, 0.05) is 45.9 Å². The van der Waals surface area contributed by atoms with E-state index in [-0.39, 0.29) is 30.1 Å². The lowest BCUT2D eigenvalue weighted by Crippen LogP contribution is -2.42. The molecule has 8 nitrogen and oxygen atoms in total. The third-order valence-corrected chi connectivity index (χ3v) is 5.91. The Hall–Kier alpha value is -1.72. The molecule has 1 fully saturated rings. The zero-order chi connectivity index (χ0) is 22.8. The first-order valence-electron chi connectivity index (χ1n) is 11.7. The van der Waals surface area contributed by atoms with E-state index in [4.69, 9.17) is 14.5 Å². The standard InChI is InChI=1S/C24H38N6O2.HI/c1-5-31-14-7-13-25-24(27-17-22-29-28-19(3)30(22)4)26-16-21-8-6-15-32-23(21)20-11-9-18(2)10-12-20;/h9-12,21,23H,5-8,13-17H2,1-4H3,(H2,25,26,27);1H. The molecule has 0 saturated carbocycles. The quantitative estimate of drug-likeness (QED) is 0.196. The van der Waals surface area contributed by atoms with Gasteiger partial charge in [0.25, 0.3) is 0 Å². The largest absolute Gasteiger partial charge is 0.382 e. The Morgan fingerprint density at radius 1 is 1.21 bits per heavy atom. The predicted molar refractivity (Wildman–Crippen MR) is 142 cm³/mol. The van der Waals surface area contributed by atoms with Gasteiger partial charge in [0.2, 0.25) is 0 Å². The number of aliphatic imine (C=N–C) groups is 1. The van der Waals surface area contributed by atoms with Crippen molar-refractivity contribution < 1.29 is 9.47 Å². The number of hydrogen-bond donors (Lipinski definition) is 2. The zero-order valence-corrected chi connectivity index (χ0v) is 22.7. The first kappa shape index (κ1) is 27.5. The highest BCUT2D eigenvalue weighted by Gasteiger charge is 2.27. The molecular formula is C24H39IN6O2. The third kappa shape index (κ3) is 8.53. The number of ether oxygens (including phenoxy) is 2. The van der Waals surface area contributed by atoms with Crippen LogP contribution < -0.4 is 10.6 Å². The first-order valence-corrected chi connectivity index (χ1v) is 11.7. The molecule has 2 aromatic rings. The molecule has 33 heavy (non-hydrogen) atoms. The molecule has 2 heterocycles. The Kier molecular flexibility index (Phi) is 12.1. The molecule has 2 N–H and O–H groups in total. The van der Waals surface area contributed by atoms with Crippen molar-refractivity contribution in [3.8, 4) is 0 Å². The van der Waals surface area contributed by atoms with Crippen molar-refractivity contribution in [2.45, 2.75) is 52.7 Å². The van der Waals surface area contributed by atoms with Crippen molar-refractivity contribution in [3.63, 3.8) is 0 Å². The van der Waals surface area contributed by atoms with Gasteiger partial charge in [-0.15, -0.1) is 34.2 Å². The minimum atomic E-state index is 0. The average Bonchev–Trinajstić information content (AvgIpc) is 3.13. The second-order valence-corrected chi connectivity index (χ2v) is 8.35. The Morgan fingerprint density at radius 3 is 2.70 bits per heavy atom. The molecular weight excluding hydrogens is 531 g/mol. The van der Waals surface area contributed by atoms with Gasteiger partial charge in [0.15, 0.2) is 11.8 Å². The second-order valence-electron chi connectivity index (χ2n) is 8.35. The molecule has 0 spiro atoms. The summed E-state index contributed by atoms with van der Waals surface area (Å²) in [6.45, 7) is 10.4. The van der Waals surface area contributed by atoms with Gasteiger partial charge >= 0.3 is 0 Å². The number of nitrogens with zero attached hydrogens (tertiary/aromatic N) is 4. The number of hydrogen-bond acceptors (Lipinski definition) is 5. The molecule has 2 unspecified atom stereocenters. The Balaban J connectivity index is 0.00000385. The lowest BCUT2D eigenvalue weighted by Gasteiger charge is -2.32. The molecule has 0 amide bonds. The molecule has 1 aromatic heterocycles. The van der Waals surface area contributed by atoms with Crippen LogP contribution in [0.5, 0.6) is 0 Å². The molecule has 0 aliphatic carbocycles. The van der Waals surface area contributed by atoms with E-state index in [1.54, 1.807) is 0 Å². The summed E-state index contributed by atoms with van der Waals surface area (Å²) in [6, 6.07) is 8.70. The summed E-state index contributed by atoms with van der Waals surface area (Å²) in [5.74, 6) is 2.90. The van der Waals surface area contributed by atoms with E-state index in [0.29, 0.717) is 12.5 Å². The van der Waals surface area contributed by atoms with Crippen molar-refractivity contribution in [1.82, 2.24) is 25.4 Å². The minimum absolute atomic E-state index is 0. The van der Waals surface area contributed by atoms with Crippen LogP contribution in [-0.2, 0) is 23.1 Å². The highest BCUT2D eigenvalue weighted by molar-refractivity contribution is 14.0. The Bertz CT molecular complexity index is 855. The van der Waals surface area contributed by atoms with Crippen molar-refractivity contribution >= 4 is 29.9 Å². The highest BCUT2D eigenvalue weighted by atomic mass is 127. The van der Waals surface area contributed by atoms with E-state index in [1.165, 1.54) is 11.1 Å². The lowest BCUT2D eigenvalue weighted by molar-refractivity contribution is -0.0265. The van der Waals surface area contributed by atoms with Crippen molar-refractivity contribution in [1.29, 1.82) is 0 Å². The molecule has 0 bridgehead atoms. The lowest BCUT2D eigenvalue weighted by atomic mass is 9.89. The van der Waals surface area contributed by atoms with Gasteiger partial charge in [-0.1, -0.05) is 29.8 Å². The van der Waals surface area contributed by atoms with E-state index in [9.17, 15) is 0 Å². The number of rotatable bonds is 10. The molecule has 1 aliphatic heterocycles. The van der Waals surface area contributed by atoms with Gasteiger partial charge in [0.1, 0.15) is 12.4 Å². The van der Waals surface area contributed by atoms with E-state index in [2.05, 4.69) is 52.0 Å². The highest BCUT2D eigenvalue weighted by Crippen LogP contribution is 2.33. The topological polar surface area (TPSA) is 85.6 Å². The molecule has 0 radical (unpaired) electrons. The molecule has 3 rings (SSSR count). The SMILES string of the molecule is CCOCCCNC(=NCc1nnc(C)n1C)NCC1CCCOC1c1ccc(C)cc1.I. The Labute approximate surface area is 215 Å². The number of aromatic nitrogens is 3. The zero-order valence-electron chi connectivity index (χ0n) is 20.3. The average molecular weight is 571 g/mol. The van der Waals surface area contributed by atoms with Crippen LogP contribution >= 0.6 is 24.0 Å². The van der Waals surface area contributed by atoms with Crippen LogP contribution in [0, 0.1) is 19.8 Å². The van der Waals surface area contributed by atoms with Gasteiger partial charge < -0.3 is 24.7 Å². The fraction of sp³-hybridized carbons (Fsp3) is 0.625. The molecule has 9 heteroatoms. The van der Waals surface area contributed by atoms with Crippen LogP contribution in [0.1, 0.15) is 55.1 Å². The van der Waals surface area contributed by atoms with Crippen LogP contribution in [0.3, 0.4) is 0 Å². The third-order valence-electron chi connectivity index (χ3n) is 5.91. The van der Waals surface area contributed by atoms with Gasteiger partial charge in [-0.05, 0) is 45.6 Å². The van der Waals surface area contributed by atoms with Gasteiger partial charge in [-0.25, -0.2) is 4.99 Å². The monoisotopic (exact) mass is 570 g/mol. The number of halogens is 1. The molecule has 184 valence electrons. The normalized spacial score (nSPS) is 18.6. The summed E-state index contributed by atoms with van der Waals surface area (Å²) < 4.78 is 13.6. The first-order chi connectivity index (χ1) is 15.6. The van der Waals surface area contributed by atoms with E-state index in [0.717, 1.165) is 69.8 Å². The second kappa shape index (κ2) is 14.5. The number of benzene rings is 1. The molecule has 2 atom stereocenters. The minimum Gasteiger partial charge on any atom is -0.382 e. The van der Waals surface area contributed by atoms with Gasteiger partial charge in [-0.2, -0.15) is 0 Å². The molecule has 1 saturated heterocycles. The van der Waals surface area contributed by atoms with Crippen molar-refractivity contribution in [2.24, 2.45) is 18.0 Å². The van der Waals surface area contributed by atoms with Crippen LogP contribution in [0.2, 0.25) is 0 Å².